The van der Waals surface area contributed by atoms with Gasteiger partial charge in [0.1, 0.15) is 0 Å². The number of carbonyl (C=O) groups excluding carboxylic acids is 2. The largest absolute Gasteiger partial charge is 0.440 e. The van der Waals surface area contributed by atoms with Crippen molar-refractivity contribution in [3.8, 4) is 0 Å². The molecular weight excluding hydrogens is 334 g/mol. The zero-order valence-corrected chi connectivity index (χ0v) is 14.2. The highest BCUT2D eigenvalue weighted by atomic mass is 16.5. The minimum absolute atomic E-state index is 0.196. The van der Waals surface area contributed by atoms with Crippen molar-refractivity contribution in [2.24, 2.45) is 5.10 Å². The Balaban J connectivity index is 1.77. The second-order valence-electron chi connectivity index (χ2n) is 5.76. The second-order valence-corrected chi connectivity index (χ2v) is 5.76. The number of ether oxygens (including phenoxy) is 1. The number of hydrazone groups is 1. The number of nitrogens with zero attached hydrogens (tertiary/aromatic N) is 2. The van der Waals surface area contributed by atoms with E-state index in [0.717, 1.165) is 10.6 Å². The van der Waals surface area contributed by atoms with Crippen molar-refractivity contribution in [1.29, 1.82) is 0 Å². The maximum Gasteiger partial charge on any atom is 0.285 e. The molecule has 0 saturated carbocycles. The molecule has 0 bridgehead atoms. The minimum Gasteiger partial charge on any atom is -0.440 e. The van der Waals surface area contributed by atoms with Gasteiger partial charge < -0.3 is 15.2 Å². The van der Waals surface area contributed by atoms with Crippen LogP contribution in [0.2, 0.25) is 0 Å². The zero-order valence-electron chi connectivity index (χ0n) is 14.2. The Kier molecular flexibility index (Phi) is 5.28. The van der Waals surface area contributed by atoms with E-state index in [2.05, 4.69) is 10.4 Å². The monoisotopic (exact) mass is 353 g/mol. The lowest BCUT2D eigenvalue weighted by atomic mass is 10.1. The summed E-state index contributed by atoms with van der Waals surface area (Å²) >= 11 is 0. The predicted octanol–water partition coefficient (Wildman–Crippen LogP) is 1.40. The average Bonchev–Trinajstić information content (AvgIpc) is 3.13. The minimum atomic E-state index is -1.22. The van der Waals surface area contributed by atoms with Crippen LogP contribution < -0.4 is 5.32 Å². The summed E-state index contributed by atoms with van der Waals surface area (Å²) in [5.41, 5.74) is 1.41. The van der Waals surface area contributed by atoms with Crippen LogP contribution in [0.1, 0.15) is 24.1 Å². The van der Waals surface area contributed by atoms with Crippen molar-refractivity contribution >= 4 is 17.7 Å². The van der Waals surface area contributed by atoms with Gasteiger partial charge >= 0.3 is 0 Å². The van der Waals surface area contributed by atoms with E-state index < -0.39 is 24.1 Å². The van der Waals surface area contributed by atoms with E-state index in [4.69, 9.17) is 4.74 Å². The number of aliphatic hydroxyl groups excluding tert-OH is 1. The molecule has 0 fully saturated rings. The van der Waals surface area contributed by atoms with Crippen LogP contribution in [0.5, 0.6) is 0 Å². The third kappa shape index (κ3) is 3.73. The fraction of sp³-hybridized carbons (Fsp3) is 0.211. The van der Waals surface area contributed by atoms with Gasteiger partial charge in [-0.05, 0) is 17.7 Å². The molecule has 2 aromatic rings. The van der Waals surface area contributed by atoms with Crippen LogP contribution in [0, 0.1) is 0 Å². The van der Waals surface area contributed by atoms with E-state index in [9.17, 15) is 14.7 Å². The number of nitrogens with one attached hydrogen (secondary N) is 1. The quantitative estimate of drug-likeness (QED) is 0.850. The maximum atomic E-state index is 12.7. The van der Waals surface area contributed by atoms with Gasteiger partial charge in [0.15, 0.2) is 0 Å². The van der Waals surface area contributed by atoms with E-state index in [-0.39, 0.29) is 12.5 Å². The molecule has 2 atom stereocenters. The van der Waals surface area contributed by atoms with E-state index in [0.29, 0.717) is 5.56 Å². The third-order valence-electron chi connectivity index (χ3n) is 3.91. The molecule has 2 aromatic carbocycles. The molecule has 26 heavy (non-hydrogen) atoms. The summed E-state index contributed by atoms with van der Waals surface area (Å²) < 4.78 is 5.63. The number of carbonyl (C=O) groups is 2. The lowest BCUT2D eigenvalue weighted by molar-refractivity contribution is -0.147. The first-order chi connectivity index (χ1) is 12.6. The van der Waals surface area contributed by atoms with Crippen LogP contribution in [-0.2, 0) is 14.3 Å². The van der Waals surface area contributed by atoms with Crippen molar-refractivity contribution < 1.29 is 19.4 Å². The highest BCUT2D eigenvalue weighted by Crippen LogP contribution is 2.19. The normalized spacial score (nSPS) is 17.2. The van der Waals surface area contributed by atoms with Gasteiger partial charge in [0, 0.05) is 12.5 Å². The molecule has 7 nitrogen and oxygen atoms in total. The fourth-order valence-electron chi connectivity index (χ4n) is 2.60. The second kappa shape index (κ2) is 7.79. The number of hydrogen-bond donors (Lipinski definition) is 2. The Hall–Kier alpha value is -3.19. The number of rotatable bonds is 5. The Morgan fingerprint density at radius 3 is 2.35 bits per heavy atom. The van der Waals surface area contributed by atoms with Gasteiger partial charge in [-0.2, -0.15) is 5.01 Å². The zero-order chi connectivity index (χ0) is 18.5. The molecule has 1 aliphatic rings. The van der Waals surface area contributed by atoms with Crippen LogP contribution in [0.4, 0.5) is 0 Å². The van der Waals surface area contributed by atoms with Crippen molar-refractivity contribution in [3.63, 3.8) is 0 Å². The van der Waals surface area contributed by atoms with Gasteiger partial charge in [-0.25, -0.2) is 0 Å². The van der Waals surface area contributed by atoms with Crippen LogP contribution in [0.15, 0.2) is 65.8 Å². The van der Waals surface area contributed by atoms with Crippen LogP contribution >= 0.6 is 0 Å². The first kappa shape index (κ1) is 17.6. The first-order valence-electron chi connectivity index (χ1n) is 8.17. The molecule has 1 heterocycles. The van der Waals surface area contributed by atoms with Gasteiger partial charge in [0.25, 0.3) is 12.1 Å². The molecule has 1 aliphatic heterocycles. The highest BCUT2D eigenvalue weighted by molar-refractivity contribution is 5.99. The Morgan fingerprint density at radius 2 is 1.77 bits per heavy atom. The molecule has 7 heteroatoms. The van der Waals surface area contributed by atoms with Gasteiger partial charge in [0.2, 0.25) is 11.8 Å². The Labute approximate surface area is 150 Å². The molecule has 0 saturated heterocycles. The smallest absolute Gasteiger partial charge is 0.285 e. The SMILES string of the molecule is CC(=O)N1N=C(c2ccccc2)OC1C(=O)N[C@@H](CO)c1ccccc1. The molecule has 1 unspecified atom stereocenters. The van der Waals surface area contributed by atoms with E-state index >= 15 is 0 Å². The summed E-state index contributed by atoms with van der Waals surface area (Å²) in [6.07, 6.45) is -1.22. The summed E-state index contributed by atoms with van der Waals surface area (Å²) in [4.78, 5) is 24.5. The van der Waals surface area contributed by atoms with Crippen molar-refractivity contribution in [3.05, 3.63) is 71.8 Å². The van der Waals surface area contributed by atoms with Crippen LogP contribution in [-0.4, -0.2) is 40.7 Å². The summed E-state index contributed by atoms with van der Waals surface area (Å²) in [5, 5.41) is 17.4. The lowest BCUT2D eigenvalue weighted by Crippen LogP contribution is -2.47. The van der Waals surface area contributed by atoms with Crippen molar-refractivity contribution in [1.82, 2.24) is 10.3 Å². The Bertz CT molecular complexity index is 808. The molecule has 0 aromatic heterocycles. The van der Waals surface area contributed by atoms with Gasteiger partial charge in [-0.3, -0.25) is 9.59 Å². The number of benzene rings is 2. The highest BCUT2D eigenvalue weighted by Gasteiger charge is 2.38. The molecule has 0 radical (unpaired) electrons. The standard InChI is InChI=1S/C19H19N3O4/c1-13(24)22-19(26-18(21-22)15-10-6-3-7-11-15)17(25)20-16(12-23)14-8-4-2-5-9-14/h2-11,16,19,23H,12H2,1H3,(H,20,25)/t16-,19?/m0/s1. The van der Waals surface area contributed by atoms with Gasteiger partial charge in [0.05, 0.1) is 12.6 Å². The van der Waals surface area contributed by atoms with Crippen LogP contribution in [0.3, 0.4) is 0 Å². The predicted molar refractivity (Wildman–Crippen MR) is 94.8 cm³/mol. The fourth-order valence-corrected chi connectivity index (χ4v) is 2.60. The molecular formula is C19H19N3O4. The molecule has 2 N–H and O–H groups in total. The topological polar surface area (TPSA) is 91.2 Å². The molecule has 3 rings (SSSR count). The van der Waals surface area contributed by atoms with Crippen LogP contribution in [0.25, 0.3) is 0 Å². The number of hydrogen-bond acceptors (Lipinski definition) is 5. The third-order valence-corrected chi connectivity index (χ3v) is 3.91. The van der Waals surface area contributed by atoms with E-state index in [1.165, 1.54) is 6.92 Å². The van der Waals surface area contributed by atoms with E-state index in [1.807, 2.05) is 36.4 Å². The summed E-state index contributed by atoms with van der Waals surface area (Å²) in [6.45, 7) is 1.02. The first-order valence-corrected chi connectivity index (χ1v) is 8.17. The summed E-state index contributed by atoms with van der Waals surface area (Å²) in [7, 11) is 0. The molecule has 0 spiro atoms. The number of amides is 2. The molecule has 134 valence electrons. The van der Waals surface area contributed by atoms with Gasteiger partial charge in [-0.1, -0.05) is 48.5 Å². The Morgan fingerprint density at radius 1 is 1.15 bits per heavy atom. The summed E-state index contributed by atoms with van der Waals surface area (Å²) in [5.74, 6) is -0.782. The summed E-state index contributed by atoms with van der Waals surface area (Å²) in [6, 6.07) is 17.5. The molecule has 0 aliphatic carbocycles. The maximum absolute atomic E-state index is 12.7. The van der Waals surface area contributed by atoms with Crippen molar-refractivity contribution in [2.75, 3.05) is 6.61 Å². The van der Waals surface area contributed by atoms with E-state index in [1.54, 1.807) is 24.3 Å². The average molecular weight is 353 g/mol. The molecule has 2 amide bonds. The van der Waals surface area contributed by atoms with Gasteiger partial charge in [-0.15, -0.1) is 5.10 Å². The lowest BCUT2D eigenvalue weighted by Gasteiger charge is -2.22. The van der Waals surface area contributed by atoms with Crippen molar-refractivity contribution in [2.45, 2.75) is 19.2 Å². The number of aliphatic hydroxyl groups is 1.